The number of carbonyl (C=O) groups excluding carboxylic acids is 1. The van der Waals surface area contributed by atoms with Crippen molar-refractivity contribution in [3.63, 3.8) is 0 Å². The second-order valence-electron chi connectivity index (χ2n) is 4.55. The Hall–Kier alpha value is -0.570. The highest BCUT2D eigenvalue weighted by Crippen LogP contribution is 2.35. The first-order chi connectivity index (χ1) is 6.72. The Morgan fingerprint density at radius 2 is 1.86 bits per heavy atom. The molecule has 0 bridgehead atoms. The SMILES string of the molecule is CCC(=O)N1CCN(C2CC2C)CC1. The Kier molecular flexibility index (Phi) is 2.77. The molecular formula is C11H20N2O. The molecule has 1 heterocycles. The van der Waals surface area contributed by atoms with E-state index < -0.39 is 0 Å². The van der Waals surface area contributed by atoms with Gasteiger partial charge >= 0.3 is 0 Å². The number of carbonyl (C=O) groups is 1. The van der Waals surface area contributed by atoms with Gasteiger partial charge in [-0.05, 0) is 12.3 Å². The highest BCUT2D eigenvalue weighted by molar-refractivity contribution is 5.75. The van der Waals surface area contributed by atoms with Crippen molar-refractivity contribution in [3.05, 3.63) is 0 Å². The number of amides is 1. The topological polar surface area (TPSA) is 23.6 Å². The van der Waals surface area contributed by atoms with Crippen LogP contribution in [0, 0.1) is 5.92 Å². The summed E-state index contributed by atoms with van der Waals surface area (Å²) >= 11 is 0. The molecule has 0 aromatic rings. The van der Waals surface area contributed by atoms with Gasteiger partial charge in [0.15, 0.2) is 0 Å². The van der Waals surface area contributed by atoms with Crippen molar-refractivity contribution in [2.24, 2.45) is 5.92 Å². The van der Waals surface area contributed by atoms with Gasteiger partial charge in [-0.25, -0.2) is 0 Å². The van der Waals surface area contributed by atoms with E-state index in [9.17, 15) is 4.79 Å². The standard InChI is InChI=1S/C11H20N2O/c1-3-11(14)13-6-4-12(5-7-13)10-8-9(10)2/h9-10H,3-8H2,1-2H3. The van der Waals surface area contributed by atoms with Crippen LogP contribution < -0.4 is 0 Å². The zero-order chi connectivity index (χ0) is 10.1. The minimum Gasteiger partial charge on any atom is -0.340 e. The highest BCUT2D eigenvalue weighted by atomic mass is 16.2. The van der Waals surface area contributed by atoms with Crippen molar-refractivity contribution in [2.45, 2.75) is 32.7 Å². The van der Waals surface area contributed by atoms with Crippen LogP contribution in [-0.4, -0.2) is 47.9 Å². The smallest absolute Gasteiger partial charge is 0.222 e. The summed E-state index contributed by atoms with van der Waals surface area (Å²) in [5.41, 5.74) is 0. The molecule has 0 aromatic heterocycles. The molecule has 2 rings (SSSR count). The molecule has 0 aromatic carbocycles. The lowest BCUT2D eigenvalue weighted by molar-refractivity contribution is -0.132. The molecule has 2 fully saturated rings. The maximum absolute atomic E-state index is 11.4. The third kappa shape index (κ3) is 1.92. The van der Waals surface area contributed by atoms with Crippen molar-refractivity contribution in [3.8, 4) is 0 Å². The summed E-state index contributed by atoms with van der Waals surface area (Å²) in [4.78, 5) is 16.0. The second kappa shape index (κ2) is 3.89. The van der Waals surface area contributed by atoms with Crippen molar-refractivity contribution in [2.75, 3.05) is 26.2 Å². The summed E-state index contributed by atoms with van der Waals surface area (Å²) < 4.78 is 0. The van der Waals surface area contributed by atoms with Gasteiger partial charge in [-0.15, -0.1) is 0 Å². The predicted octanol–water partition coefficient (Wildman–Crippen LogP) is 0.949. The summed E-state index contributed by atoms with van der Waals surface area (Å²) in [5, 5.41) is 0. The van der Waals surface area contributed by atoms with Gasteiger partial charge in [-0.1, -0.05) is 13.8 Å². The maximum atomic E-state index is 11.4. The van der Waals surface area contributed by atoms with E-state index in [1.165, 1.54) is 6.42 Å². The third-order valence-electron chi connectivity index (χ3n) is 3.51. The fourth-order valence-corrected chi connectivity index (χ4v) is 2.34. The molecule has 1 aliphatic carbocycles. The summed E-state index contributed by atoms with van der Waals surface area (Å²) in [6.07, 6.45) is 2.02. The fourth-order valence-electron chi connectivity index (χ4n) is 2.34. The van der Waals surface area contributed by atoms with E-state index in [4.69, 9.17) is 0 Å². The first-order valence-corrected chi connectivity index (χ1v) is 5.74. The van der Waals surface area contributed by atoms with Crippen LogP contribution in [0.5, 0.6) is 0 Å². The lowest BCUT2D eigenvalue weighted by atomic mass is 10.2. The summed E-state index contributed by atoms with van der Waals surface area (Å²) in [7, 11) is 0. The lowest BCUT2D eigenvalue weighted by Crippen LogP contribution is -2.49. The molecule has 80 valence electrons. The summed E-state index contributed by atoms with van der Waals surface area (Å²) in [5.74, 6) is 1.21. The Morgan fingerprint density at radius 1 is 1.29 bits per heavy atom. The van der Waals surface area contributed by atoms with E-state index in [1.807, 2.05) is 11.8 Å². The first-order valence-electron chi connectivity index (χ1n) is 5.74. The molecule has 2 aliphatic rings. The van der Waals surface area contributed by atoms with Crippen LogP contribution in [0.4, 0.5) is 0 Å². The van der Waals surface area contributed by atoms with Crippen LogP contribution in [0.25, 0.3) is 0 Å². The van der Waals surface area contributed by atoms with Crippen LogP contribution in [0.15, 0.2) is 0 Å². The first kappa shape index (κ1) is 9.97. The Bertz CT molecular complexity index is 221. The van der Waals surface area contributed by atoms with Crippen molar-refractivity contribution in [1.82, 2.24) is 9.80 Å². The van der Waals surface area contributed by atoms with E-state index in [1.54, 1.807) is 0 Å². The maximum Gasteiger partial charge on any atom is 0.222 e. The Morgan fingerprint density at radius 3 is 2.29 bits per heavy atom. The third-order valence-corrected chi connectivity index (χ3v) is 3.51. The van der Waals surface area contributed by atoms with E-state index in [0.29, 0.717) is 12.3 Å². The van der Waals surface area contributed by atoms with Gasteiger partial charge in [0.25, 0.3) is 0 Å². The monoisotopic (exact) mass is 196 g/mol. The number of rotatable bonds is 2. The van der Waals surface area contributed by atoms with Crippen LogP contribution in [0.3, 0.4) is 0 Å². The van der Waals surface area contributed by atoms with Crippen LogP contribution in [0.1, 0.15) is 26.7 Å². The Balaban J connectivity index is 1.77. The van der Waals surface area contributed by atoms with E-state index in [2.05, 4.69) is 11.8 Å². The van der Waals surface area contributed by atoms with E-state index >= 15 is 0 Å². The average molecular weight is 196 g/mol. The van der Waals surface area contributed by atoms with Gasteiger partial charge in [0.2, 0.25) is 5.91 Å². The number of piperazine rings is 1. The predicted molar refractivity (Wildman–Crippen MR) is 56.0 cm³/mol. The minimum absolute atomic E-state index is 0.313. The van der Waals surface area contributed by atoms with Gasteiger partial charge in [-0.3, -0.25) is 9.69 Å². The molecule has 0 N–H and O–H groups in total. The van der Waals surface area contributed by atoms with Gasteiger partial charge in [-0.2, -0.15) is 0 Å². The summed E-state index contributed by atoms with van der Waals surface area (Å²) in [6, 6.07) is 0.828. The van der Waals surface area contributed by atoms with Crippen LogP contribution >= 0.6 is 0 Å². The normalized spacial score (nSPS) is 33.1. The molecule has 3 heteroatoms. The number of nitrogens with zero attached hydrogens (tertiary/aromatic N) is 2. The number of hydrogen-bond acceptors (Lipinski definition) is 2. The zero-order valence-electron chi connectivity index (χ0n) is 9.20. The van der Waals surface area contributed by atoms with Crippen molar-refractivity contribution < 1.29 is 4.79 Å². The number of hydrogen-bond donors (Lipinski definition) is 0. The zero-order valence-corrected chi connectivity index (χ0v) is 9.20. The quantitative estimate of drug-likeness (QED) is 0.656. The molecule has 1 aliphatic heterocycles. The largest absolute Gasteiger partial charge is 0.340 e. The highest BCUT2D eigenvalue weighted by Gasteiger charge is 2.39. The van der Waals surface area contributed by atoms with E-state index in [-0.39, 0.29) is 0 Å². The molecule has 2 atom stereocenters. The lowest BCUT2D eigenvalue weighted by Gasteiger charge is -2.35. The van der Waals surface area contributed by atoms with Crippen molar-refractivity contribution >= 4 is 5.91 Å². The van der Waals surface area contributed by atoms with Gasteiger partial charge in [0.1, 0.15) is 0 Å². The Labute approximate surface area is 86.1 Å². The molecule has 1 saturated heterocycles. The van der Waals surface area contributed by atoms with E-state index in [0.717, 1.165) is 38.1 Å². The molecule has 14 heavy (non-hydrogen) atoms. The molecule has 0 radical (unpaired) electrons. The fraction of sp³-hybridized carbons (Fsp3) is 0.909. The van der Waals surface area contributed by atoms with Gasteiger partial charge < -0.3 is 4.90 Å². The molecule has 1 saturated carbocycles. The minimum atomic E-state index is 0.313. The van der Waals surface area contributed by atoms with Crippen LogP contribution in [-0.2, 0) is 4.79 Å². The molecule has 0 spiro atoms. The average Bonchev–Trinajstić information content (AvgIpc) is 2.95. The van der Waals surface area contributed by atoms with Crippen molar-refractivity contribution in [1.29, 1.82) is 0 Å². The molecular weight excluding hydrogens is 176 g/mol. The molecule has 3 nitrogen and oxygen atoms in total. The van der Waals surface area contributed by atoms with Gasteiger partial charge in [0, 0.05) is 38.6 Å². The van der Waals surface area contributed by atoms with Gasteiger partial charge in [0.05, 0.1) is 0 Å². The molecule has 1 amide bonds. The molecule has 2 unspecified atom stereocenters. The second-order valence-corrected chi connectivity index (χ2v) is 4.55. The van der Waals surface area contributed by atoms with Crippen LogP contribution in [0.2, 0.25) is 0 Å². The summed E-state index contributed by atoms with van der Waals surface area (Å²) in [6.45, 7) is 8.30.